The maximum absolute atomic E-state index is 7.51. The minimum absolute atomic E-state index is 0.251. The Kier molecular flexibility index (Phi) is 2.36. The van der Waals surface area contributed by atoms with Crippen molar-refractivity contribution >= 4 is 11.7 Å². The van der Waals surface area contributed by atoms with Crippen molar-refractivity contribution in [3.63, 3.8) is 0 Å². The predicted molar refractivity (Wildman–Crippen MR) is 52.2 cm³/mol. The molecule has 0 radical (unpaired) electrons. The molecular formula is C8H13N5O. The number of ether oxygens (including phenoxy) is 1. The summed E-state index contributed by atoms with van der Waals surface area (Å²) in [6, 6.07) is 0. The third kappa shape index (κ3) is 1.69. The van der Waals surface area contributed by atoms with Gasteiger partial charge in [-0.2, -0.15) is 0 Å². The van der Waals surface area contributed by atoms with Crippen LogP contribution in [0.25, 0.3) is 0 Å². The summed E-state index contributed by atoms with van der Waals surface area (Å²) in [7, 11) is 0. The molecule has 0 aromatic carbocycles. The summed E-state index contributed by atoms with van der Waals surface area (Å²) in [5.41, 5.74) is 5.79. The van der Waals surface area contributed by atoms with E-state index in [-0.39, 0.29) is 11.7 Å². The molecule has 2 rings (SSSR count). The zero-order valence-electron chi connectivity index (χ0n) is 7.76. The number of hydrazine groups is 1. The lowest BCUT2D eigenvalue weighted by Crippen LogP contribution is -2.33. The SMILES string of the molecule is N=C1NNC(=N)C1=CN1CCOCC1. The molecule has 2 heterocycles. The van der Waals surface area contributed by atoms with Crippen molar-refractivity contribution in [2.75, 3.05) is 26.3 Å². The summed E-state index contributed by atoms with van der Waals surface area (Å²) in [4.78, 5) is 2.07. The number of amidine groups is 2. The Bertz CT molecular complexity index is 274. The van der Waals surface area contributed by atoms with Gasteiger partial charge >= 0.3 is 0 Å². The number of nitrogens with one attached hydrogen (secondary N) is 4. The Balaban J connectivity index is 2.07. The zero-order valence-corrected chi connectivity index (χ0v) is 7.76. The molecule has 2 aliphatic rings. The smallest absolute Gasteiger partial charge is 0.149 e. The zero-order chi connectivity index (χ0) is 9.97. The molecule has 0 spiro atoms. The van der Waals surface area contributed by atoms with Crippen molar-refractivity contribution in [3.05, 3.63) is 11.8 Å². The quantitative estimate of drug-likeness (QED) is 0.444. The van der Waals surface area contributed by atoms with E-state index in [1.807, 2.05) is 6.20 Å². The fourth-order valence-electron chi connectivity index (χ4n) is 1.40. The van der Waals surface area contributed by atoms with Gasteiger partial charge in [-0.1, -0.05) is 0 Å². The van der Waals surface area contributed by atoms with Gasteiger partial charge in [0.1, 0.15) is 11.7 Å². The van der Waals surface area contributed by atoms with Crippen LogP contribution >= 0.6 is 0 Å². The number of nitrogens with zero attached hydrogens (tertiary/aromatic N) is 1. The van der Waals surface area contributed by atoms with E-state index < -0.39 is 0 Å². The Hall–Kier alpha value is -1.56. The van der Waals surface area contributed by atoms with Gasteiger partial charge in [-0.3, -0.25) is 21.7 Å². The number of hydrogen-bond donors (Lipinski definition) is 4. The van der Waals surface area contributed by atoms with Gasteiger partial charge in [0.15, 0.2) is 0 Å². The summed E-state index contributed by atoms with van der Waals surface area (Å²) in [6.45, 7) is 3.07. The molecule has 2 saturated heterocycles. The van der Waals surface area contributed by atoms with Gasteiger partial charge in [-0.05, 0) is 0 Å². The predicted octanol–water partition coefficient (Wildman–Crippen LogP) is -0.735. The van der Waals surface area contributed by atoms with Crippen molar-refractivity contribution in [3.8, 4) is 0 Å². The molecule has 2 fully saturated rings. The molecule has 0 saturated carbocycles. The molecule has 0 unspecified atom stereocenters. The van der Waals surface area contributed by atoms with E-state index in [1.54, 1.807) is 0 Å². The number of rotatable bonds is 1. The average molecular weight is 195 g/mol. The minimum Gasteiger partial charge on any atom is -0.378 e. The minimum atomic E-state index is 0.251. The second-order valence-electron chi connectivity index (χ2n) is 3.19. The third-order valence-electron chi connectivity index (χ3n) is 2.21. The molecule has 0 amide bonds. The van der Waals surface area contributed by atoms with E-state index in [2.05, 4.69) is 15.8 Å². The van der Waals surface area contributed by atoms with E-state index in [1.165, 1.54) is 0 Å². The van der Waals surface area contributed by atoms with Gasteiger partial charge in [-0.15, -0.1) is 0 Å². The van der Waals surface area contributed by atoms with Gasteiger partial charge in [0.2, 0.25) is 0 Å². The first-order chi connectivity index (χ1) is 6.77. The first-order valence-corrected chi connectivity index (χ1v) is 4.51. The Morgan fingerprint density at radius 2 is 1.71 bits per heavy atom. The van der Waals surface area contributed by atoms with Crippen LogP contribution in [0.3, 0.4) is 0 Å². The van der Waals surface area contributed by atoms with Crippen molar-refractivity contribution < 1.29 is 4.74 Å². The monoisotopic (exact) mass is 195 g/mol. The van der Waals surface area contributed by atoms with E-state index in [0.717, 1.165) is 13.1 Å². The van der Waals surface area contributed by atoms with Crippen LogP contribution in [0, 0.1) is 10.8 Å². The first kappa shape index (κ1) is 9.01. The Morgan fingerprint density at radius 3 is 2.29 bits per heavy atom. The third-order valence-corrected chi connectivity index (χ3v) is 2.21. The highest BCUT2D eigenvalue weighted by atomic mass is 16.5. The number of morpholine rings is 1. The summed E-state index contributed by atoms with van der Waals surface area (Å²) in [5, 5.41) is 15.0. The van der Waals surface area contributed by atoms with Gasteiger partial charge in [-0.25, -0.2) is 0 Å². The molecule has 0 aromatic rings. The van der Waals surface area contributed by atoms with Gasteiger partial charge in [0.25, 0.3) is 0 Å². The molecule has 6 nitrogen and oxygen atoms in total. The Morgan fingerprint density at radius 1 is 1.14 bits per heavy atom. The van der Waals surface area contributed by atoms with E-state index in [0.29, 0.717) is 18.8 Å². The maximum atomic E-state index is 7.51. The lowest BCUT2D eigenvalue weighted by molar-refractivity contribution is 0.0593. The second-order valence-corrected chi connectivity index (χ2v) is 3.19. The fraction of sp³-hybridized carbons (Fsp3) is 0.500. The van der Waals surface area contributed by atoms with Gasteiger partial charge < -0.3 is 9.64 Å². The standard InChI is InChI=1S/C8H13N5O/c9-7-6(8(10)12-11-7)5-13-1-3-14-4-2-13/h5H,1-4H2,(H2,9,11)(H2,10,12). The van der Waals surface area contributed by atoms with Gasteiger partial charge in [0, 0.05) is 19.3 Å². The lowest BCUT2D eigenvalue weighted by Gasteiger charge is -2.25. The Labute approximate surface area is 81.9 Å². The normalized spacial score (nSPS) is 22.0. The molecule has 76 valence electrons. The maximum Gasteiger partial charge on any atom is 0.149 e. The van der Waals surface area contributed by atoms with Crippen molar-refractivity contribution in [1.82, 2.24) is 15.8 Å². The van der Waals surface area contributed by atoms with Crippen molar-refractivity contribution in [2.24, 2.45) is 0 Å². The molecular weight excluding hydrogens is 182 g/mol. The van der Waals surface area contributed by atoms with Crippen molar-refractivity contribution in [1.29, 1.82) is 10.8 Å². The molecule has 6 heteroatoms. The molecule has 0 atom stereocenters. The van der Waals surface area contributed by atoms with Crippen LogP contribution in [0.1, 0.15) is 0 Å². The molecule has 2 aliphatic heterocycles. The highest BCUT2D eigenvalue weighted by Gasteiger charge is 2.20. The van der Waals surface area contributed by atoms with Crippen LogP contribution in [0.2, 0.25) is 0 Å². The fourth-order valence-corrected chi connectivity index (χ4v) is 1.40. The summed E-state index contributed by atoms with van der Waals surface area (Å²) in [5.74, 6) is 0.503. The van der Waals surface area contributed by atoms with Crippen LogP contribution < -0.4 is 10.9 Å². The van der Waals surface area contributed by atoms with Crippen LogP contribution in [-0.2, 0) is 4.74 Å². The van der Waals surface area contributed by atoms with Crippen LogP contribution in [-0.4, -0.2) is 42.9 Å². The average Bonchev–Trinajstić information content (AvgIpc) is 2.51. The molecule has 0 aliphatic carbocycles. The van der Waals surface area contributed by atoms with Crippen LogP contribution in [0.5, 0.6) is 0 Å². The largest absolute Gasteiger partial charge is 0.378 e. The molecule has 0 bridgehead atoms. The summed E-state index contributed by atoms with van der Waals surface area (Å²) >= 11 is 0. The van der Waals surface area contributed by atoms with Crippen LogP contribution in [0.15, 0.2) is 11.8 Å². The number of hydrogen-bond acceptors (Lipinski definition) is 4. The first-order valence-electron chi connectivity index (χ1n) is 4.51. The molecule has 0 aromatic heterocycles. The van der Waals surface area contributed by atoms with Gasteiger partial charge in [0.05, 0.1) is 18.8 Å². The van der Waals surface area contributed by atoms with Crippen molar-refractivity contribution in [2.45, 2.75) is 0 Å². The van der Waals surface area contributed by atoms with E-state index in [4.69, 9.17) is 15.6 Å². The van der Waals surface area contributed by atoms with Crippen LogP contribution in [0.4, 0.5) is 0 Å². The lowest BCUT2D eigenvalue weighted by atomic mass is 10.2. The van der Waals surface area contributed by atoms with E-state index in [9.17, 15) is 0 Å². The summed E-state index contributed by atoms with van der Waals surface area (Å²) in [6.07, 6.45) is 1.83. The van der Waals surface area contributed by atoms with E-state index >= 15 is 0 Å². The summed E-state index contributed by atoms with van der Waals surface area (Å²) < 4.78 is 5.21. The molecule has 14 heavy (non-hydrogen) atoms. The molecule has 4 N–H and O–H groups in total. The topological polar surface area (TPSA) is 84.2 Å². The highest BCUT2D eigenvalue weighted by molar-refractivity contribution is 6.24. The second kappa shape index (κ2) is 3.67. The highest BCUT2D eigenvalue weighted by Crippen LogP contribution is 2.05.